The highest BCUT2D eigenvalue weighted by atomic mass is 79.9. The van der Waals surface area contributed by atoms with Gasteiger partial charge >= 0.3 is 0 Å². The zero-order valence-electron chi connectivity index (χ0n) is 16.6. The van der Waals surface area contributed by atoms with E-state index in [1.54, 1.807) is 7.11 Å². The highest BCUT2D eigenvalue weighted by Crippen LogP contribution is 2.27. The fourth-order valence-corrected chi connectivity index (χ4v) is 3.19. The molecule has 1 N–H and O–H groups in total. The van der Waals surface area contributed by atoms with Gasteiger partial charge in [-0.25, -0.2) is 0 Å². The molecule has 27 heavy (non-hydrogen) atoms. The molecule has 2 aromatic rings. The van der Waals surface area contributed by atoms with Gasteiger partial charge in [0.15, 0.2) is 6.61 Å². The van der Waals surface area contributed by atoms with Crippen LogP contribution in [-0.4, -0.2) is 19.6 Å². The molecular formula is C22H28BrNO3. The van der Waals surface area contributed by atoms with E-state index in [9.17, 15) is 4.79 Å². The van der Waals surface area contributed by atoms with Gasteiger partial charge in [-0.05, 0) is 67.1 Å². The van der Waals surface area contributed by atoms with Crippen LogP contribution in [-0.2, 0) is 4.79 Å². The number of rotatable bonds is 8. The van der Waals surface area contributed by atoms with Crippen LogP contribution in [0.3, 0.4) is 0 Å². The van der Waals surface area contributed by atoms with Gasteiger partial charge in [-0.2, -0.15) is 0 Å². The van der Waals surface area contributed by atoms with E-state index >= 15 is 0 Å². The Hall–Kier alpha value is -2.01. The minimum absolute atomic E-state index is 0.00867. The number of hydrogen-bond acceptors (Lipinski definition) is 3. The maximum absolute atomic E-state index is 12.5. The third kappa shape index (κ3) is 6.28. The molecule has 4 nitrogen and oxygen atoms in total. The van der Waals surface area contributed by atoms with Gasteiger partial charge in [0.25, 0.3) is 5.91 Å². The molecule has 0 aliphatic rings. The Bertz CT molecular complexity index is 749. The summed E-state index contributed by atoms with van der Waals surface area (Å²) in [5.74, 6) is 1.83. The van der Waals surface area contributed by atoms with Crippen molar-refractivity contribution in [1.82, 2.24) is 5.32 Å². The van der Waals surface area contributed by atoms with Crippen LogP contribution < -0.4 is 14.8 Å². The lowest BCUT2D eigenvalue weighted by Crippen LogP contribution is -2.33. The molecule has 2 rings (SSSR count). The second kappa shape index (κ2) is 9.79. The minimum Gasteiger partial charge on any atom is -0.497 e. The van der Waals surface area contributed by atoms with Gasteiger partial charge in [0.2, 0.25) is 0 Å². The average Bonchev–Trinajstić information content (AvgIpc) is 2.63. The summed E-state index contributed by atoms with van der Waals surface area (Å²) in [6.45, 7) is 8.29. The number of hydrogen-bond donors (Lipinski definition) is 1. The number of ether oxygens (including phenoxy) is 2. The zero-order chi connectivity index (χ0) is 20.0. The maximum atomic E-state index is 12.5. The summed E-state index contributed by atoms with van der Waals surface area (Å²) in [7, 11) is 1.64. The third-order valence-electron chi connectivity index (χ3n) is 4.34. The molecule has 1 atom stereocenters. The van der Waals surface area contributed by atoms with Crippen LogP contribution in [0.4, 0.5) is 0 Å². The van der Waals surface area contributed by atoms with Crippen molar-refractivity contribution in [2.24, 2.45) is 5.92 Å². The van der Waals surface area contributed by atoms with E-state index in [0.29, 0.717) is 11.7 Å². The molecule has 2 aromatic carbocycles. The number of methoxy groups -OCH3 is 1. The lowest BCUT2D eigenvalue weighted by Gasteiger charge is -2.21. The molecule has 0 aliphatic heterocycles. The zero-order valence-corrected chi connectivity index (χ0v) is 18.2. The molecule has 0 spiro atoms. The summed E-state index contributed by atoms with van der Waals surface area (Å²) < 4.78 is 12.0. The second-order valence-corrected chi connectivity index (χ2v) is 7.98. The lowest BCUT2D eigenvalue weighted by atomic mass is 9.97. The molecule has 0 bridgehead atoms. The van der Waals surface area contributed by atoms with E-state index in [0.717, 1.165) is 33.3 Å². The van der Waals surface area contributed by atoms with E-state index in [2.05, 4.69) is 35.1 Å². The number of carbonyl (C=O) groups is 1. The number of amides is 1. The Morgan fingerprint density at radius 3 is 2.19 bits per heavy atom. The molecule has 0 saturated carbocycles. The molecule has 0 aliphatic carbocycles. The highest BCUT2D eigenvalue weighted by molar-refractivity contribution is 9.10. The van der Waals surface area contributed by atoms with Gasteiger partial charge in [-0.15, -0.1) is 0 Å². The van der Waals surface area contributed by atoms with Crippen LogP contribution >= 0.6 is 15.9 Å². The minimum atomic E-state index is -0.130. The van der Waals surface area contributed by atoms with Gasteiger partial charge in [0, 0.05) is 4.47 Å². The quantitative estimate of drug-likeness (QED) is 0.609. The average molecular weight is 434 g/mol. The first kappa shape index (κ1) is 21.3. The normalized spacial score (nSPS) is 12.0. The van der Waals surface area contributed by atoms with E-state index < -0.39 is 0 Å². The van der Waals surface area contributed by atoms with Crippen molar-refractivity contribution in [2.75, 3.05) is 13.7 Å². The van der Waals surface area contributed by atoms with Crippen molar-refractivity contribution in [2.45, 2.75) is 40.2 Å². The number of halogens is 1. The lowest BCUT2D eigenvalue weighted by molar-refractivity contribution is -0.124. The van der Waals surface area contributed by atoms with Crippen molar-refractivity contribution in [3.05, 3.63) is 57.6 Å². The van der Waals surface area contributed by atoms with E-state index in [1.165, 1.54) is 0 Å². The molecule has 0 radical (unpaired) electrons. The Morgan fingerprint density at radius 1 is 1.07 bits per heavy atom. The van der Waals surface area contributed by atoms with Crippen molar-refractivity contribution < 1.29 is 14.3 Å². The number of carbonyl (C=O) groups excluding carboxylic acids is 1. The molecule has 0 aromatic heterocycles. The number of aryl methyl sites for hydroxylation is 2. The summed E-state index contributed by atoms with van der Waals surface area (Å²) in [5.41, 5.74) is 3.23. The molecule has 1 amide bonds. The first-order valence-corrected chi connectivity index (χ1v) is 9.92. The van der Waals surface area contributed by atoms with Crippen LogP contribution in [0.25, 0.3) is 0 Å². The van der Waals surface area contributed by atoms with E-state index in [4.69, 9.17) is 9.47 Å². The first-order chi connectivity index (χ1) is 12.8. The first-order valence-electron chi connectivity index (χ1n) is 9.13. The molecule has 146 valence electrons. The SMILES string of the molecule is COc1ccc([C@@H](CC(C)C)NC(=O)COc2cc(C)c(Br)c(C)c2)cc1. The summed E-state index contributed by atoms with van der Waals surface area (Å²) in [6.07, 6.45) is 0.856. The smallest absolute Gasteiger partial charge is 0.258 e. The van der Waals surface area contributed by atoms with E-state index in [1.807, 2.05) is 50.2 Å². The van der Waals surface area contributed by atoms with Gasteiger partial charge in [0.1, 0.15) is 11.5 Å². The van der Waals surface area contributed by atoms with Crippen molar-refractivity contribution in [3.8, 4) is 11.5 Å². The Kier molecular flexibility index (Phi) is 7.72. The molecule has 0 saturated heterocycles. The van der Waals surface area contributed by atoms with Gasteiger partial charge in [-0.1, -0.05) is 41.9 Å². The monoisotopic (exact) mass is 433 g/mol. The summed E-state index contributed by atoms with van der Waals surface area (Å²) >= 11 is 3.54. The van der Waals surface area contributed by atoms with Crippen LogP contribution in [0.2, 0.25) is 0 Å². The van der Waals surface area contributed by atoms with Crippen molar-refractivity contribution >= 4 is 21.8 Å². The van der Waals surface area contributed by atoms with Crippen molar-refractivity contribution in [1.29, 1.82) is 0 Å². The van der Waals surface area contributed by atoms with Gasteiger partial charge < -0.3 is 14.8 Å². The highest BCUT2D eigenvalue weighted by Gasteiger charge is 2.17. The van der Waals surface area contributed by atoms with Crippen LogP contribution in [0.15, 0.2) is 40.9 Å². The molecule has 0 fully saturated rings. The van der Waals surface area contributed by atoms with Crippen molar-refractivity contribution in [3.63, 3.8) is 0 Å². The Balaban J connectivity index is 2.02. The van der Waals surface area contributed by atoms with Gasteiger partial charge in [0.05, 0.1) is 13.2 Å². The standard InChI is InChI=1S/C22H28BrNO3/c1-14(2)10-20(17-6-8-18(26-5)9-7-17)24-21(25)13-27-19-11-15(3)22(23)16(4)12-19/h6-9,11-12,14,20H,10,13H2,1-5H3,(H,24,25)/t20-/m1/s1. The summed E-state index contributed by atoms with van der Waals surface area (Å²) in [5, 5.41) is 3.10. The maximum Gasteiger partial charge on any atom is 0.258 e. The van der Waals surface area contributed by atoms with E-state index in [-0.39, 0.29) is 18.6 Å². The molecule has 0 heterocycles. The van der Waals surface area contributed by atoms with Gasteiger partial charge in [-0.3, -0.25) is 4.79 Å². The molecular weight excluding hydrogens is 406 g/mol. The number of nitrogens with one attached hydrogen (secondary N) is 1. The van der Waals surface area contributed by atoms with Crippen LogP contribution in [0, 0.1) is 19.8 Å². The third-order valence-corrected chi connectivity index (χ3v) is 5.59. The Labute approximate surface area is 170 Å². The molecule has 0 unspecified atom stereocenters. The largest absolute Gasteiger partial charge is 0.497 e. The number of benzene rings is 2. The fraction of sp³-hybridized carbons (Fsp3) is 0.409. The summed E-state index contributed by atoms with van der Waals surface area (Å²) in [4.78, 5) is 12.5. The Morgan fingerprint density at radius 2 is 1.67 bits per heavy atom. The topological polar surface area (TPSA) is 47.6 Å². The predicted molar refractivity (Wildman–Crippen MR) is 112 cm³/mol. The van der Waals surface area contributed by atoms with Crippen LogP contribution in [0.5, 0.6) is 11.5 Å². The second-order valence-electron chi connectivity index (χ2n) is 7.18. The summed E-state index contributed by atoms with van der Waals surface area (Å²) in [6, 6.07) is 11.6. The predicted octanol–water partition coefficient (Wildman–Crippen LogP) is 5.36. The molecule has 5 heteroatoms. The van der Waals surface area contributed by atoms with Crippen LogP contribution in [0.1, 0.15) is 43.0 Å². The fourth-order valence-electron chi connectivity index (χ4n) is 2.96.